The van der Waals surface area contributed by atoms with E-state index < -0.39 is 9.05 Å². The maximum atomic E-state index is 7.97. The van der Waals surface area contributed by atoms with Gasteiger partial charge in [0.25, 0.3) is 0 Å². The normalized spacial score (nSPS) is 9.38. The summed E-state index contributed by atoms with van der Waals surface area (Å²) in [6, 6.07) is 0. The molecule has 0 aromatic rings. The smallest absolute Gasteiger partial charge is 1.00 e. The van der Waals surface area contributed by atoms with E-state index in [1.165, 1.54) is 0 Å². The third-order valence-corrected chi connectivity index (χ3v) is 0.724. The Labute approximate surface area is 71.7 Å². The Morgan fingerprint density at radius 3 is 1.88 bits per heavy atom. The summed E-state index contributed by atoms with van der Waals surface area (Å²) >= 11 is 0. The number of rotatable bonds is 2. The van der Waals surface area contributed by atoms with Crippen molar-refractivity contribution >= 4 is 9.05 Å². The van der Waals surface area contributed by atoms with Crippen molar-refractivity contribution in [1.82, 2.24) is 0 Å². The first kappa shape index (κ1) is 11.4. The molecule has 0 atom stereocenters. The molecule has 0 amide bonds. The molecule has 0 heterocycles. The Morgan fingerprint density at radius 2 is 1.88 bits per heavy atom. The van der Waals surface area contributed by atoms with Gasteiger partial charge in [0.2, 0.25) is 0 Å². The van der Waals surface area contributed by atoms with Gasteiger partial charge in [-0.2, -0.15) is 0 Å². The maximum Gasteiger partial charge on any atom is 1.00 e. The van der Waals surface area contributed by atoms with Crippen LogP contribution in [0.15, 0.2) is 12.8 Å². The van der Waals surface area contributed by atoms with E-state index in [0.29, 0.717) is 0 Å². The van der Waals surface area contributed by atoms with Gasteiger partial charge in [-0.15, -0.1) is 0 Å². The fourth-order valence-electron chi connectivity index (χ4n) is 0.112. The predicted octanol–water partition coefficient (Wildman–Crippen LogP) is -4.32. The fourth-order valence-corrected chi connectivity index (χ4v) is 0.335. The van der Waals surface area contributed by atoms with Crippen LogP contribution in [0, 0.1) is 0 Å². The van der Waals surface area contributed by atoms with Crippen LogP contribution in [0.1, 0.15) is 1.43 Å². The van der Waals surface area contributed by atoms with Crippen molar-refractivity contribution in [3.8, 4) is 0 Å². The minimum absolute atomic E-state index is 0. The quantitative estimate of drug-likeness (QED) is 0.272. The monoisotopic (exact) mass is 146 g/mol. The molecule has 3 N–H and O–H groups in total. The molecule has 0 radical (unpaired) electrons. The van der Waals surface area contributed by atoms with Crippen molar-refractivity contribution in [2.75, 3.05) is 0 Å². The number of hydrogen-bond donors (Lipinski definition) is 3. The maximum absolute atomic E-state index is 7.97. The molecule has 0 spiro atoms. The third-order valence-electron chi connectivity index (χ3n) is 0.241. The van der Waals surface area contributed by atoms with E-state index in [2.05, 4.69) is 11.0 Å². The van der Waals surface area contributed by atoms with Gasteiger partial charge in [0.15, 0.2) is 0 Å². The zero-order valence-corrected chi connectivity index (χ0v) is 7.53. The Bertz CT molecular complexity index is 73.5. The summed E-state index contributed by atoms with van der Waals surface area (Å²) in [6.07, 6.45) is 0.770. The summed E-state index contributed by atoms with van der Waals surface area (Å²) in [4.78, 5) is 23.9. The van der Waals surface area contributed by atoms with Crippen LogP contribution in [0.3, 0.4) is 0 Å². The molecule has 0 aliphatic heterocycles. The van der Waals surface area contributed by atoms with Gasteiger partial charge in [0, 0.05) is 0 Å². The van der Waals surface area contributed by atoms with Crippen molar-refractivity contribution in [3.63, 3.8) is 0 Å². The van der Waals surface area contributed by atoms with Crippen molar-refractivity contribution < 1.29 is 49.8 Å². The van der Waals surface area contributed by atoms with Gasteiger partial charge in [-0.3, -0.25) is 0 Å². The van der Waals surface area contributed by atoms with Crippen LogP contribution in [0.2, 0.25) is 0 Å². The molecule has 6 heteroatoms. The standard InChI is InChI=1S/C2H6O4Si.Na.H/c1-2-6-7(3,4)5;;/h2-5H,1H2;;/q;+1;-1. The summed E-state index contributed by atoms with van der Waals surface area (Å²) in [7, 11) is -4.28. The Morgan fingerprint density at radius 1 is 1.50 bits per heavy atom. The van der Waals surface area contributed by atoms with E-state index in [9.17, 15) is 0 Å². The second-order valence-electron chi connectivity index (χ2n) is 0.858. The average molecular weight is 146 g/mol. The van der Waals surface area contributed by atoms with Gasteiger partial charge in [0.05, 0.1) is 6.26 Å². The molecule has 44 valence electrons. The van der Waals surface area contributed by atoms with E-state index in [1.807, 2.05) is 0 Å². The molecular formula is C2H7NaO4Si. The van der Waals surface area contributed by atoms with Gasteiger partial charge in [-0.25, -0.2) is 0 Å². The van der Waals surface area contributed by atoms with Gasteiger partial charge in [-0.05, 0) is 0 Å². The van der Waals surface area contributed by atoms with Gasteiger partial charge in [-0.1, -0.05) is 6.58 Å². The summed E-state index contributed by atoms with van der Waals surface area (Å²) in [5.74, 6) is 0. The van der Waals surface area contributed by atoms with Crippen molar-refractivity contribution in [2.24, 2.45) is 0 Å². The second kappa shape index (κ2) is 4.51. The zero-order chi connectivity index (χ0) is 5.91. The molecule has 0 aromatic carbocycles. The summed E-state index contributed by atoms with van der Waals surface area (Å²) in [5.41, 5.74) is 0. The molecule has 0 fully saturated rings. The zero-order valence-electron chi connectivity index (χ0n) is 5.53. The SMILES string of the molecule is C=CO[Si](O)(O)O.[H-].[Na+]. The second-order valence-corrected chi connectivity index (χ2v) is 2.24. The topological polar surface area (TPSA) is 69.9 Å². The first-order chi connectivity index (χ1) is 3.06. The minimum atomic E-state index is -4.28. The summed E-state index contributed by atoms with van der Waals surface area (Å²) in [6.45, 7) is 2.98. The molecule has 0 bridgehead atoms. The van der Waals surface area contributed by atoms with Crippen LogP contribution in [0.25, 0.3) is 0 Å². The Hall–Kier alpha value is 0.637. The average Bonchev–Trinajstić information content (AvgIpc) is 1.30. The van der Waals surface area contributed by atoms with Gasteiger partial charge in [0.1, 0.15) is 0 Å². The van der Waals surface area contributed by atoms with Crippen molar-refractivity contribution in [2.45, 2.75) is 0 Å². The fraction of sp³-hybridized carbons (Fsp3) is 0. The molecule has 4 nitrogen and oxygen atoms in total. The molecule has 0 aliphatic rings. The molecule has 0 aliphatic carbocycles. The van der Waals surface area contributed by atoms with Crippen LogP contribution in [-0.4, -0.2) is 23.4 Å². The molecule has 0 aromatic heterocycles. The Balaban J connectivity index is -0.000000180. The molecule has 0 unspecified atom stereocenters. The van der Waals surface area contributed by atoms with Crippen LogP contribution in [0.4, 0.5) is 0 Å². The van der Waals surface area contributed by atoms with Crippen LogP contribution in [-0.2, 0) is 4.43 Å². The summed E-state index contributed by atoms with van der Waals surface area (Å²) in [5, 5.41) is 0. The van der Waals surface area contributed by atoms with Gasteiger partial charge >= 0.3 is 38.6 Å². The third kappa shape index (κ3) is 9.81. The van der Waals surface area contributed by atoms with Gasteiger partial charge < -0.3 is 20.2 Å². The molecule has 0 saturated heterocycles. The van der Waals surface area contributed by atoms with Crippen LogP contribution >= 0.6 is 0 Å². The van der Waals surface area contributed by atoms with E-state index >= 15 is 0 Å². The predicted molar refractivity (Wildman–Crippen MR) is 24.8 cm³/mol. The van der Waals surface area contributed by atoms with Crippen molar-refractivity contribution in [1.29, 1.82) is 0 Å². The van der Waals surface area contributed by atoms with E-state index in [1.54, 1.807) is 0 Å². The molecule has 0 rings (SSSR count). The van der Waals surface area contributed by atoms with Crippen LogP contribution < -0.4 is 29.6 Å². The summed E-state index contributed by atoms with van der Waals surface area (Å²) < 4.78 is 3.80. The van der Waals surface area contributed by atoms with Crippen LogP contribution in [0.5, 0.6) is 0 Å². The van der Waals surface area contributed by atoms with E-state index in [0.717, 1.165) is 6.26 Å². The van der Waals surface area contributed by atoms with E-state index in [4.69, 9.17) is 14.4 Å². The van der Waals surface area contributed by atoms with E-state index in [-0.39, 0.29) is 31.0 Å². The first-order valence-corrected chi connectivity index (χ1v) is 3.27. The Kier molecular flexibility index (Phi) is 6.45. The first-order valence-electron chi connectivity index (χ1n) is 1.52. The minimum Gasteiger partial charge on any atom is -1.00 e. The largest absolute Gasteiger partial charge is 1.00 e. The van der Waals surface area contributed by atoms with Crippen molar-refractivity contribution in [3.05, 3.63) is 12.8 Å². The molecular weight excluding hydrogens is 139 g/mol. The molecule has 0 saturated carbocycles. The number of hydrogen-bond acceptors (Lipinski definition) is 4. The molecule has 8 heavy (non-hydrogen) atoms.